The van der Waals surface area contributed by atoms with E-state index in [0.717, 1.165) is 12.1 Å². The largest absolute Gasteiger partial charge is 0.495 e. The zero-order valence-corrected chi connectivity index (χ0v) is 15.8. The highest BCUT2D eigenvalue weighted by Gasteiger charge is 2.23. The molecule has 0 aliphatic rings. The summed E-state index contributed by atoms with van der Waals surface area (Å²) in [7, 11) is -1.33. The Balaban J connectivity index is 2.27. The summed E-state index contributed by atoms with van der Waals surface area (Å²) < 4.78 is 51.2. The van der Waals surface area contributed by atoms with Crippen molar-refractivity contribution >= 4 is 21.6 Å². The summed E-state index contributed by atoms with van der Waals surface area (Å²) in [6.07, 6.45) is 0.622. The van der Waals surface area contributed by atoms with E-state index >= 15 is 0 Å². The molecule has 0 saturated heterocycles. The minimum absolute atomic E-state index is 0.00889. The first kappa shape index (κ1) is 20.7. The maximum absolute atomic E-state index is 13.5. The van der Waals surface area contributed by atoms with Crippen molar-refractivity contribution in [3.8, 4) is 5.75 Å². The number of sulfonamides is 1. The zero-order valence-electron chi connectivity index (χ0n) is 15.0. The van der Waals surface area contributed by atoms with Crippen LogP contribution in [0, 0.1) is 5.82 Å². The summed E-state index contributed by atoms with van der Waals surface area (Å²) in [5.41, 5.74) is 0.224. The molecule has 0 fully saturated rings. The van der Waals surface area contributed by atoms with E-state index in [2.05, 4.69) is 10.0 Å². The molecule has 0 heterocycles. The fourth-order valence-electron chi connectivity index (χ4n) is 2.34. The minimum Gasteiger partial charge on any atom is -0.495 e. The number of rotatable bonds is 9. The average Bonchev–Trinajstić information content (AvgIpc) is 2.65. The number of nitrogens with one attached hydrogen (secondary N) is 2. The molecule has 0 unspecified atom stereocenters. The van der Waals surface area contributed by atoms with Crippen molar-refractivity contribution in [3.63, 3.8) is 0 Å². The van der Waals surface area contributed by atoms with E-state index in [-0.39, 0.29) is 21.9 Å². The molecule has 0 radical (unpaired) electrons. The first-order valence-corrected chi connectivity index (χ1v) is 9.60. The summed E-state index contributed by atoms with van der Waals surface area (Å²) in [6, 6.07) is 9.32. The van der Waals surface area contributed by atoms with E-state index in [0.29, 0.717) is 19.6 Å². The number of carbonyl (C=O) groups is 1. The molecule has 0 atom stereocenters. The Morgan fingerprint density at radius 3 is 2.59 bits per heavy atom. The second-order valence-corrected chi connectivity index (χ2v) is 7.20. The highest BCUT2D eigenvalue weighted by molar-refractivity contribution is 7.92. The van der Waals surface area contributed by atoms with Gasteiger partial charge in [0.25, 0.3) is 15.9 Å². The van der Waals surface area contributed by atoms with Crippen LogP contribution in [-0.4, -0.2) is 41.7 Å². The minimum atomic E-state index is -4.18. The number of halogens is 1. The van der Waals surface area contributed by atoms with Crippen molar-refractivity contribution in [3.05, 3.63) is 53.8 Å². The van der Waals surface area contributed by atoms with Crippen molar-refractivity contribution in [1.82, 2.24) is 5.32 Å². The van der Waals surface area contributed by atoms with E-state index < -0.39 is 21.7 Å². The highest BCUT2D eigenvalue weighted by Crippen LogP contribution is 2.27. The van der Waals surface area contributed by atoms with Crippen LogP contribution in [0.2, 0.25) is 0 Å². The average molecular weight is 396 g/mol. The smallest absolute Gasteiger partial charge is 0.265 e. The van der Waals surface area contributed by atoms with Crippen LogP contribution in [0.1, 0.15) is 16.8 Å². The third-order valence-electron chi connectivity index (χ3n) is 3.64. The van der Waals surface area contributed by atoms with Gasteiger partial charge in [-0.05, 0) is 36.8 Å². The summed E-state index contributed by atoms with van der Waals surface area (Å²) >= 11 is 0. The Morgan fingerprint density at radius 2 is 1.89 bits per heavy atom. The van der Waals surface area contributed by atoms with Crippen LogP contribution >= 0.6 is 0 Å². The lowest BCUT2D eigenvalue weighted by Crippen LogP contribution is -2.26. The molecular weight excluding hydrogens is 375 g/mol. The van der Waals surface area contributed by atoms with Crippen molar-refractivity contribution in [2.24, 2.45) is 0 Å². The number of benzene rings is 2. The Bertz CT molecular complexity index is 902. The van der Waals surface area contributed by atoms with E-state index in [4.69, 9.17) is 9.47 Å². The van der Waals surface area contributed by atoms with E-state index in [1.165, 1.54) is 25.3 Å². The van der Waals surface area contributed by atoms with Crippen LogP contribution in [-0.2, 0) is 14.8 Å². The normalized spacial score (nSPS) is 11.1. The molecule has 2 rings (SSSR count). The Hall–Kier alpha value is -2.65. The molecule has 0 aliphatic carbocycles. The summed E-state index contributed by atoms with van der Waals surface area (Å²) in [5, 5.41) is 2.69. The molecule has 146 valence electrons. The topological polar surface area (TPSA) is 93.7 Å². The maximum atomic E-state index is 13.5. The van der Waals surface area contributed by atoms with Gasteiger partial charge < -0.3 is 14.8 Å². The fraction of sp³-hybridized carbons (Fsp3) is 0.278. The predicted molar refractivity (Wildman–Crippen MR) is 99.0 cm³/mol. The lowest BCUT2D eigenvalue weighted by atomic mass is 10.1. The number of para-hydroxylation sites is 1. The number of amides is 1. The number of carbonyl (C=O) groups excluding carboxylic acids is 1. The molecule has 0 bridgehead atoms. The molecule has 27 heavy (non-hydrogen) atoms. The van der Waals surface area contributed by atoms with Crippen molar-refractivity contribution in [2.75, 3.05) is 32.1 Å². The molecule has 0 aliphatic heterocycles. The van der Waals surface area contributed by atoms with Gasteiger partial charge in [-0.15, -0.1) is 0 Å². The Labute approximate surface area is 157 Å². The third-order valence-corrected chi connectivity index (χ3v) is 5.03. The predicted octanol–water partition coefficient (Wildman–Crippen LogP) is 2.40. The van der Waals surface area contributed by atoms with Gasteiger partial charge in [-0.2, -0.15) is 0 Å². The molecule has 2 aromatic rings. The quantitative estimate of drug-likeness (QED) is 0.635. The molecule has 9 heteroatoms. The monoisotopic (exact) mass is 396 g/mol. The van der Waals surface area contributed by atoms with Gasteiger partial charge in [-0.1, -0.05) is 12.1 Å². The maximum Gasteiger partial charge on any atom is 0.265 e. The molecular formula is C18H21FN2O5S. The second kappa shape index (κ2) is 9.33. The summed E-state index contributed by atoms with van der Waals surface area (Å²) in [5.74, 6) is -1.17. The first-order valence-electron chi connectivity index (χ1n) is 8.11. The van der Waals surface area contributed by atoms with Crippen molar-refractivity contribution < 1.29 is 27.1 Å². The van der Waals surface area contributed by atoms with Gasteiger partial charge in [0.05, 0.1) is 18.4 Å². The van der Waals surface area contributed by atoms with E-state index in [1.54, 1.807) is 19.2 Å². The van der Waals surface area contributed by atoms with Gasteiger partial charge in [0.15, 0.2) is 0 Å². The first-order chi connectivity index (χ1) is 12.9. The lowest BCUT2D eigenvalue weighted by molar-refractivity contribution is 0.0949. The van der Waals surface area contributed by atoms with Gasteiger partial charge in [0.2, 0.25) is 0 Å². The van der Waals surface area contributed by atoms with Crippen LogP contribution < -0.4 is 14.8 Å². The third kappa shape index (κ3) is 5.41. The molecule has 7 nitrogen and oxygen atoms in total. The van der Waals surface area contributed by atoms with Crippen LogP contribution in [0.25, 0.3) is 0 Å². The number of ether oxygens (including phenoxy) is 2. The van der Waals surface area contributed by atoms with Crippen LogP contribution in [0.3, 0.4) is 0 Å². The van der Waals surface area contributed by atoms with Gasteiger partial charge in [-0.25, -0.2) is 12.8 Å². The molecule has 0 saturated carbocycles. The molecule has 0 spiro atoms. The van der Waals surface area contributed by atoms with Gasteiger partial charge in [0, 0.05) is 20.3 Å². The second-order valence-electron chi connectivity index (χ2n) is 5.55. The molecule has 0 aromatic heterocycles. The van der Waals surface area contributed by atoms with Crippen molar-refractivity contribution in [1.29, 1.82) is 0 Å². The number of hydrogen-bond donors (Lipinski definition) is 2. The molecule has 2 N–H and O–H groups in total. The number of methoxy groups -OCH3 is 2. The van der Waals surface area contributed by atoms with Crippen molar-refractivity contribution in [2.45, 2.75) is 11.3 Å². The standard InChI is InChI=1S/C18H21FN2O5S/c1-25-11-5-10-20-18(22)14-6-3-4-7-15(14)21-27(23,24)17-12-13(19)8-9-16(17)26-2/h3-4,6-9,12,21H,5,10-11H2,1-2H3,(H,20,22). The van der Waals surface area contributed by atoms with Gasteiger partial charge in [-0.3, -0.25) is 9.52 Å². The fourth-order valence-corrected chi connectivity index (χ4v) is 3.61. The SMILES string of the molecule is COCCCNC(=O)c1ccccc1NS(=O)(=O)c1cc(F)ccc1OC. The van der Waals surface area contributed by atoms with E-state index in [1.807, 2.05) is 0 Å². The zero-order chi connectivity index (χ0) is 19.9. The molecule has 2 aromatic carbocycles. The van der Waals surface area contributed by atoms with E-state index in [9.17, 15) is 17.6 Å². The lowest BCUT2D eigenvalue weighted by Gasteiger charge is -2.14. The Kier molecular flexibility index (Phi) is 7.14. The number of anilines is 1. The van der Waals surface area contributed by atoms with Crippen LogP contribution in [0.15, 0.2) is 47.4 Å². The van der Waals surface area contributed by atoms with Crippen LogP contribution in [0.5, 0.6) is 5.75 Å². The highest BCUT2D eigenvalue weighted by atomic mass is 32.2. The van der Waals surface area contributed by atoms with Crippen LogP contribution in [0.4, 0.5) is 10.1 Å². The number of hydrogen-bond acceptors (Lipinski definition) is 5. The van der Waals surface area contributed by atoms with Gasteiger partial charge >= 0.3 is 0 Å². The Morgan fingerprint density at radius 1 is 1.15 bits per heavy atom. The van der Waals surface area contributed by atoms with Gasteiger partial charge in [0.1, 0.15) is 16.5 Å². The summed E-state index contributed by atoms with van der Waals surface area (Å²) in [6.45, 7) is 0.874. The summed E-state index contributed by atoms with van der Waals surface area (Å²) in [4.78, 5) is 12.0. The molecule has 1 amide bonds.